The van der Waals surface area contributed by atoms with Crippen LogP contribution in [0.15, 0.2) is 21.3 Å². The summed E-state index contributed by atoms with van der Waals surface area (Å²) in [5.74, 6) is -0.0756. The van der Waals surface area contributed by atoms with Gasteiger partial charge in [0.1, 0.15) is 5.01 Å². The summed E-state index contributed by atoms with van der Waals surface area (Å²) in [4.78, 5) is 5.67. The third kappa shape index (κ3) is 2.34. The number of nitriles is 1. The highest BCUT2D eigenvalue weighted by Gasteiger charge is 2.13. The van der Waals surface area contributed by atoms with E-state index < -0.39 is 0 Å². The topological polar surface area (TPSA) is 36.7 Å². The quantitative estimate of drug-likeness (QED) is 0.827. The van der Waals surface area contributed by atoms with Gasteiger partial charge in [-0.05, 0) is 34.5 Å². The summed E-state index contributed by atoms with van der Waals surface area (Å²) in [6.45, 7) is 2.01. The van der Waals surface area contributed by atoms with Gasteiger partial charge < -0.3 is 0 Å². The van der Waals surface area contributed by atoms with Gasteiger partial charge in [0, 0.05) is 5.38 Å². The molecule has 0 bridgehead atoms. The maximum absolute atomic E-state index is 8.97. The predicted octanol–water partition coefficient (Wildman–Crippen LogP) is 4.65. The first-order valence-corrected chi connectivity index (χ1v) is 7.34. The van der Waals surface area contributed by atoms with Crippen molar-refractivity contribution in [3.8, 4) is 16.0 Å². The second-order valence-corrected chi connectivity index (χ2v) is 6.59. The van der Waals surface area contributed by atoms with E-state index in [1.165, 1.54) is 0 Å². The standard InChI is InChI=1S/C11H9BrN2S2/c1-2-7(5-13)8-6-15-11(14-8)9-3-4-10(12)16-9/h3-4,6-7H,2H2,1H3. The maximum atomic E-state index is 8.97. The number of rotatable bonds is 3. The molecule has 0 radical (unpaired) electrons. The Morgan fingerprint density at radius 1 is 1.56 bits per heavy atom. The molecular weight excluding hydrogens is 304 g/mol. The van der Waals surface area contributed by atoms with Crippen LogP contribution in [0.1, 0.15) is 25.0 Å². The van der Waals surface area contributed by atoms with Crippen molar-refractivity contribution < 1.29 is 0 Å². The lowest BCUT2D eigenvalue weighted by Gasteiger charge is -1.99. The Kier molecular flexibility index (Phi) is 3.74. The molecule has 2 aromatic heterocycles. The molecule has 0 saturated carbocycles. The van der Waals surface area contributed by atoms with Crippen LogP contribution in [0.4, 0.5) is 0 Å². The first-order chi connectivity index (χ1) is 7.74. The van der Waals surface area contributed by atoms with Gasteiger partial charge in [0.15, 0.2) is 0 Å². The lowest BCUT2D eigenvalue weighted by molar-refractivity contribution is 0.795. The molecule has 16 heavy (non-hydrogen) atoms. The first-order valence-electron chi connectivity index (χ1n) is 4.85. The largest absolute Gasteiger partial charge is 0.239 e. The Bertz CT molecular complexity index is 524. The molecule has 0 aliphatic rings. The minimum Gasteiger partial charge on any atom is -0.239 e. The maximum Gasteiger partial charge on any atom is 0.133 e. The van der Waals surface area contributed by atoms with E-state index >= 15 is 0 Å². The van der Waals surface area contributed by atoms with Crippen molar-refractivity contribution in [3.63, 3.8) is 0 Å². The molecule has 0 saturated heterocycles. The average molecular weight is 313 g/mol. The van der Waals surface area contributed by atoms with Crippen molar-refractivity contribution in [2.24, 2.45) is 0 Å². The zero-order chi connectivity index (χ0) is 11.5. The van der Waals surface area contributed by atoms with Gasteiger partial charge in [-0.15, -0.1) is 22.7 Å². The fraction of sp³-hybridized carbons (Fsp3) is 0.273. The number of aromatic nitrogens is 1. The van der Waals surface area contributed by atoms with E-state index in [1.54, 1.807) is 22.7 Å². The molecule has 2 nitrogen and oxygen atoms in total. The predicted molar refractivity (Wildman–Crippen MR) is 71.8 cm³/mol. The SMILES string of the molecule is CCC(C#N)c1csc(-c2ccc(Br)s2)n1. The second kappa shape index (κ2) is 5.09. The van der Waals surface area contributed by atoms with E-state index in [4.69, 9.17) is 5.26 Å². The summed E-state index contributed by atoms with van der Waals surface area (Å²) >= 11 is 6.70. The van der Waals surface area contributed by atoms with Gasteiger partial charge in [-0.3, -0.25) is 0 Å². The van der Waals surface area contributed by atoms with Crippen LogP contribution in [0, 0.1) is 11.3 Å². The van der Waals surface area contributed by atoms with Crippen molar-refractivity contribution in [1.82, 2.24) is 4.98 Å². The number of hydrogen-bond acceptors (Lipinski definition) is 4. The molecule has 0 aromatic carbocycles. The summed E-state index contributed by atoms with van der Waals surface area (Å²) in [5.41, 5.74) is 0.898. The van der Waals surface area contributed by atoms with Crippen molar-refractivity contribution in [1.29, 1.82) is 5.26 Å². The molecule has 2 heterocycles. The first kappa shape index (κ1) is 11.8. The Morgan fingerprint density at radius 3 is 2.94 bits per heavy atom. The van der Waals surface area contributed by atoms with Crippen molar-refractivity contribution in [2.45, 2.75) is 19.3 Å². The summed E-state index contributed by atoms with van der Waals surface area (Å²) in [7, 11) is 0. The molecule has 82 valence electrons. The zero-order valence-electron chi connectivity index (χ0n) is 8.61. The van der Waals surface area contributed by atoms with Crippen LogP contribution >= 0.6 is 38.6 Å². The highest BCUT2D eigenvalue weighted by Crippen LogP contribution is 2.34. The molecular formula is C11H9BrN2S2. The van der Waals surface area contributed by atoms with Crippen LogP contribution < -0.4 is 0 Å². The van der Waals surface area contributed by atoms with Crippen molar-refractivity contribution >= 4 is 38.6 Å². The fourth-order valence-electron chi connectivity index (χ4n) is 1.36. The third-order valence-electron chi connectivity index (χ3n) is 2.23. The third-order valence-corrected chi connectivity index (χ3v) is 4.88. The van der Waals surface area contributed by atoms with E-state index in [1.807, 2.05) is 24.4 Å². The summed E-state index contributed by atoms with van der Waals surface area (Å²) in [6.07, 6.45) is 0.813. The number of nitrogens with zero attached hydrogens (tertiary/aromatic N) is 2. The van der Waals surface area contributed by atoms with E-state index in [2.05, 4.69) is 27.0 Å². The number of thiazole rings is 1. The highest BCUT2D eigenvalue weighted by molar-refractivity contribution is 9.11. The van der Waals surface area contributed by atoms with Crippen molar-refractivity contribution in [2.75, 3.05) is 0 Å². The average Bonchev–Trinajstić information content (AvgIpc) is 2.89. The Morgan fingerprint density at radius 2 is 2.38 bits per heavy atom. The monoisotopic (exact) mass is 312 g/mol. The van der Waals surface area contributed by atoms with E-state index in [-0.39, 0.29) is 5.92 Å². The van der Waals surface area contributed by atoms with Crippen LogP contribution in [0.25, 0.3) is 9.88 Å². The molecule has 1 atom stereocenters. The van der Waals surface area contributed by atoms with Gasteiger partial charge in [-0.25, -0.2) is 4.98 Å². The van der Waals surface area contributed by atoms with Gasteiger partial charge in [0.25, 0.3) is 0 Å². The summed E-state index contributed by atoms with van der Waals surface area (Å²) in [6, 6.07) is 6.34. The van der Waals surface area contributed by atoms with Gasteiger partial charge in [-0.1, -0.05) is 6.92 Å². The molecule has 0 aliphatic heterocycles. The van der Waals surface area contributed by atoms with Crippen LogP contribution in [0.2, 0.25) is 0 Å². The molecule has 0 N–H and O–H groups in total. The van der Waals surface area contributed by atoms with Crippen LogP contribution in [0.3, 0.4) is 0 Å². The molecule has 0 spiro atoms. The molecule has 2 aromatic rings. The summed E-state index contributed by atoms with van der Waals surface area (Å²) < 4.78 is 1.10. The zero-order valence-corrected chi connectivity index (χ0v) is 11.8. The van der Waals surface area contributed by atoms with Gasteiger partial charge in [-0.2, -0.15) is 5.26 Å². The molecule has 5 heteroatoms. The van der Waals surface area contributed by atoms with Gasteiger partial charge >= 0.3 is 0 Å². The molecule has 0 fully saturated rings. The van der Waals surface area contributed by atoms with Crippen LogP contribution in [-0.4, -0.2) is 4.98 Å². The Labute approximate surface area is 111 Å². The van der Waals surface area contributed by atoms with Gasteiger partial charge in [0.2, 0.25) is 0 Å². The van der Waals surface area contributed by atoms with E-state index in [0.29, 0.717) is 0 Å². The smallest absolute Gasteiger partial charge is 0.133 e. The lowest BCUT2D eigenvalue weighted by Crippen LogP contribution is -1.93. The minimum atomic E-state index is -0.0756. The van der Waals surface area contributed by atoms with E-state index in [0.717, 1.165) is 25.8 Å². The van der Waals surface area contributed by atoms with E-state index in [9.17, 15) is 0 Å². The van der Waals surface area contributed by atoms with Crippen LogP contribution in [-0.2, 0) is 0 Å². The summed E-state index contributed by atoms with van der Waals surface area (Å²) in [5, 5.41) is 12.0. The highest BCUT2D eigenvalue weighted by atomic mass is 79.9. The molecule has 2 rings (SSSR count). The fourth-order valence-corrected chi connectivity index (χ4v) is 3.69. The minimum absolute atomic E-state index is 0.0756. The molecule has 0 amide bonds. The normalized spacial score (nSPS) is 12.3. The van der Waals surface area contributed by atoms with Gasteiger partial charge in [0.05, 0.1) is 26.3 Å². The molecule has 1 unspecified atom stereocenters. The Hall–Kier alpha value is -0.700. The second-order valence-electron chi connectivity index (χ2n) is 3.27. The number of halogens is 1. The Balaban J connectivity index is 2.30. The van der Waals surface area contributed by atoms with Crippen LogP contribution in [0.5, 0.6) is 0 Å². The lowest BCUT2D eigenvalue weighted by atomic mass is 10.1. The number of hydrogen-bond donors (Lipinski definition) is 0. The molecule has 0 aliphatic carbocycles. The number of thiophene rings is 1. The van der Waals surface area contributed by atoms with Crippen molar-refractivity contribution in [3.05, 3.63) is 27.0 Å².